The summed E-state index contributed by atoms with van der Waals surface area (Å²) in [4.78, 5) is 17.9. The quantitative estimate of drug-likeness (QED) is 0.746. The van der Waals surface area contributed by atoms with Gasteiger partial charge in [0.25, 0.3) is 5.91 Å². The SMILES string of the molecule is [NH3+]CC(=O)N1CCc2c([nH]c3ccccc23)[C@H]1c1ccccc1. The summed E-state index contributed by atoms with van der Waals surface area (Å²) in [7, 11) is 0. The number of carbonyl (C=O) groups excluding carboxylic acids is 1. The average Bonchev–Trinajstić information content (AvgIpc) is 2.99. The van der Waals surface area contributed by atoms with Gasteiger partial charge >= 0.3 is 0 Å². The molecule has 1 atom stereocenters. The largest absolute Gasteiger partial charge is 0.356 e. The second kappa shape index (κ2) is 5.56. The molecule has 4 heteroatoms. The average molecular weight is 306 g/mol. The summed E-state index contributed by atoms with van der Waals surface area (Å²) in [5.74, 6) is 0.100. The van der Waals surface area contributed by atoms with Crippen molar-refractivity contribution < 1.29 is 10.5 Å². The molecular weight excluding hydrogens is 286 g/mol. The van der Waals surface area contributed by atoms with Crippen LogP contribution in [-0.4, -0.2) is 28.9 Å². The third-order valence-electron chi connectivity index (χ3n) is 4.68. The van der Waals surface area contributed by atoms with Crippen LogP contribution in [0.3, 0.4) is 0 Å². The Morgan fingerprint density at radius 2 is 1.87 bits per heavy atom. The van der Waals surface area contributed by atoms with Crippen LogP contribution in [0, 0.1) is 0 Å². The Labute approximate surface area is 134 Å². The molecule has 2 heterocycles. The molecule has 0 saturated carbocycles. The van der Waals surface area contributed by atoms with Gasteiger partial charge in [-0.1, -0.05) is 48.5 Å². The van der Waals surface area contributed by atoms with Gasteiger partial charge < -0.3 is 15.6 Å². The lowest BCUT2D eigenvalue weighted by molar-refractivity contribution is -0.357. The molecule has 4 nitrogen and oxygen atoms in total. The van der Waals surface area contributed by atoms with Gasteiger partial charge in [0.2, 0.25) is 0 Å². The Kier molecular flexibility index (Phi) is 3.39. The molecule has 0 unspecified atom stereocenters. The summed E-state index contributed by atoms with van der Waals surface area (Å²) in [6.45, 7) is 1.03. The van der Waals surface area contributed by atoms with E-state index < -0.39 is 0 Å². The number of quaternary nitrogens is 1. The molecule has 0 bridgehead atoms. The third kappa shape index (κ3) is 2.23. The molecule has 1 amide bonds. The highest BCUT2D eigenvalue weighted by atomic mass is 16.2. The maximum Gasteiger partial charge on any atom is 0.278 e. The van der Waals surface area contributed by atoms with Gasteiger partial charge in [-0.05, 0) is 23.6 Å². The first-order chi connectivity index (χ1) is 11.3. The van der Waals surface area contributed by atoms with Crippen LogP contribution in [0.5, 0.6) is 0 Å². The van der Waals surface area contributed by atoms with Gasteiger partial charge in [-0.25, -0.2) is 0 Å². The first-order valence-electron chi connectivity index (χ1n) is 8.02. The van der Waals surface area contributed by atoms with Crippen molar-refractivity contribution in [2.75, 3.05) is 13.1 Å². The lowest BCUT2D eigenvalue weighted by Crippen LogP contribution is -2.59. The number of aromatic nitrogens is 1. The summed E-state index contributed by atoms with van der Waals surface area (Å²) >= 11 is 0. The summed E-state index contributed by atoms with van der Waals surface area (Å²) in [5.41, 5.74) is 8.55. The molecule has 0 fully saturated rings. The highest BCUT2D eigenvalue weighted by molar-refractivity contribution is 5.86. The predicted molar refractivity (Wildman–Crippen MR) is 89.8 cm³/mol. The van der Waals surface area contributed by atoms with Crippen molar-refractivity contribution in [3.63, 3.8) is 0 Å². The van der Waals surface area contributed by atoms with E-state index in [1.807, 2.05) is 29.2 Å². The minimum atomic E-state index is -0.0541. The van der Waals surface area contributed by atoms with Crippen molar-refractivity contribution in [3.05, 3.63) is 71.4 Å². The number of nitrogens with zero attached hydrogens (tertiary/aromatic N) is 1. The van der Waals surface area contributed by atoms with Crippen LogP contribution >= 0.6 is 0 Å². The number of aromatic amines is 1. The summed E-state index contributed by atoms with van der Waals surface area (Å²) < 4.78 is 0. The molecule has 1 aliphatic heterocycles. The van der Waals surface area contributed by atoms with E-state index in [0.717, 1.165) is 29.7 Å². The first-order valence-corrected chi connectivity index (χ1v) is 8.02. The van der Waals surface area contributed by atoms with Gasteiger partial charge in [-0.3, -0.25) is 4.79 Å². The molecule has 116 valence electrons. The predicted octanol–water partition coefficient (Wildman–Crippen LogP) is 1.88. The van der Waals surface area contributed by atoms with E-state index in [4.69, 9.17) is 0 Å². The highest BCUT2D eigenvalue weighted by Gasteiger charge is 2.34. The topological polar surface area (TPSA) is 63.7 Å². The van der Waals surface area contributed by atoms with E-state index in [2.05, 4.69) is 41.0 Å². The molecule has 0 aliphatic carbocycles. The van der Waals surface area contributed by atoms with E-state index >= 15 is 0 Å². The monoisotopic (exact) mass is 306 g/mol. The molecule has 2 aromatic carbocycles. The summed E-state index contributed by atoms with van der Waals surface area (Å²) in [6, 6.07) is 18.6. The van der Waals surface area contributed by atoms with E-state index in [0.29, 0.717) is 6.54 Å². The molecule has 3 aromatic rings. The fourth-order valence-corrected chi connectivity index (χ4v) is 3.64. The second-order valence-electron chi connectivity index (χ2n) is 5.96. The van der Waals surface area contributed by atoms with Crippen LogP contribution in [0.2, 0.25) is 0 Å². The van der Waals surface area contributed by atoms with Crippen LogP contribution in [0.25, 0.3) is 10.9 Å². The van der Waals surface area contributed by atoms with Crippen LogP contribution in [-0.2, 0) is 11.2 Å². The number of nitrogens with one attached hydrogen (secondary N) is 1. The highest BCUT2D eigenvalue weighted by Crippen LogP contribution is 2.38. The van der Waals surface area contributed by atoms with Crippen molar-refractivity contribution >= 4 is 16.8 Å². The molecule has 1 aromatic heterocycles. The normalized spacial score (nSPS) is 17.3. The Bertz CT molecular complexity index is 853. The zero-order valence-electron chi connectivity index (χ0n) is 13.0. The lowest BCUT2D eigenvalue weighted by atomic mass is 9.92. The van der Waals surface area contributed by atoms with Gasteiger partial charge in [-0.2, -0.15) is 0 Å². The number of hydrogen-bond donors (Lipinski definition) is 2. The number of H-pyrrole nitrogens is 1. The minimum absolute atomic E-state index is 0.0541. The molecule has 0 radical (unpaired) electrons. The second-order valence-corrected chi connectivity index (χ2v) is 5.96. The zero-order valence-corrected chi connectivity index (χ0v) is 13.0. The smallest absolute Gasteiger partial charge is 0.278 e. The molecular formula is C19H20N3O+. The number of hydrogen-bond acceptors (Lipinski definition) is 1. The van der Waals surface area contributed by atoms with Gasteiger partial charge in [0.15, 0.2) is 6.54 Å². The van der Waals surface area contributed by atoms with E-state index in [9.17, 15) is 4.79 Å². The Morgan fingerprint density at radius 1 is 1.13 bits per heavy atom. The van der Waals surface area contributed by atoms with Gasteiger partial charge in [0.05, 0.1) is 6.04 Å². The van der Waals surface area contributed by atoms with Gasteiger partial charge in [0.1, 0.15) is 0 Å². The third-order valence-corrected chi connectivity index (χ3v) is 4.68. The van der Waals surface area contributed by atoms with Crippen molar-refractivity contribution in [1.82, 2.24) is 9.88 Å². The van der Waals surface area contributed by atoms with Gasteiger partial charge in [0, 0.05) is 23.1 Å². The minimum Gasteiger partial charge on any atom is -0.356 e. The van der Waals surface area contributed by atoms with Gasteiger partial charge in [-0.15, -0.1) is 0 Å². The molecule has 0 spiro atoms. The fourth-order valence-electron chi connectivity index (χ4n) is 3.64. The van der Waals surface area contributed by atoms with E-state index in [1.165, 1.54) is 10.9 Å². The maximum atomic E-state index is 12.4. The number of benzene rings is 2. The maximum absolute atomic E-state index is 12.4. The molecule has 23 heavy (non-hydrogen) atoms. The Balaban J connectivity index is 1.92. The Morgan fingerprint density at radius 3 is 2.65 bits per heavy atom. The van der Waals surface area contributed by atoms with E-state index in [-0.39, 0.29) is 11.9 Å². The van der Waals surface area contributed by atoms with Crippen molar-refractivity contribution in [2.24, 2.45) is 0 Å². The number of para-hydroxylation sites is 1. The van der Waals surface area contributed by atoms with Crippen LogP contribution < -0.4 is 5.73 Å². The standard InChI is InChI=1S/C19H19N3O/c20-12-17(23)22-11-10-15-14-8-4-5-9-16(14)21-18(15)19(22)13-6-2-1-3-7-13/h1-9,19,21H,10-12,20H2/p+1/t19-/m1/s1. The summed E-state index contributed by atoms with van der Waals surface area (Å²) in [5, 5.41) is 1.27. The number of fused-ring (bicyclic) bond motifs is 3. The number of carbonyl (C=O) groups is 1. The number of amides is 1. The molecule has 4 N–H and O–H groups in total. The number of rotatable bonds is 2. The molecule has 1 aliphatic rings. The fraction of sp³-hybridized carbons (Fsp3) is 0.211. The van der Waals surface area contributed by atoms with Crippen LogP contribution in [0.1, 0.15) is 22.9 Å². The molecule has 0 saturated heterocycles. The van der Waals surface area contributed by atoms with Crippen molar-refractivity contribution in [3.8, 4) is 0 Å². The van der Waals surface area contributed by atoms with Crippen LogP contribution in [0.4, 0.5) is 0 Å². The van der Waals surface area contributed by atoms with Crippen molar-refractivity contribution in [1.29, 1.82) is 0 Å². The molecule has 4 rings (SSSR count). The zero-order chi connectivity index (χ0) is 15.8. The van der Waals surface area contributed by atoms with Crippen molar-refractivity contribution in [2.45, 2.75) is 12.5 Å². The van der Waals surface area contributed by atoms with Crippen LogP contribution in [0.15, 0.2) is 54.6 Å². The Hall–Kier alpha value is -2.59. The first kappa shape index (κ1) is 14.0. The lowest BCUT2D eigenvalue weighted by Gasteiger charge is -2.35. The summed E-state index contributed by atoms with van der Waals surface area (Å²) in [6.07, 6.45) is 0.883. The van der Waals surface area contributed by atoms with E-state index in [1.54, 1.807) is 0 Å².